The molecule has 1 aromatic carbocycles. The van der Waals surface area contributed by atoms with E-state index in [0.717, 1.165) is 18.4 Å². The van der Waals surface area contributed by atoms with Crippen LogP contribution in [-0.4, -0.2) is 24.6 Å². The van der Waals surface area contributed by atoms with Gasteiger partial charge < -0.3 is 15.4 Å². The van der Waals surface area contributed by atoms with E-state index >= 15 is 0 Å². The monoisotopic (exact) mass is 338 g/mol. The highest BCUT2D eigenvalue weighted by Gasteiger charge is 2.34. The molecule has 0 aliphatic carbocycles. The van der Waals surface area contributed by atoms with Crippen LogP contribution in [0.25, 0.3) is 0 Å². The summed E-state index contributed by atoms with van der Waals surface area (Å²) in [7, 11) is 0. The van der Waals surface area contributed by atoms with Gasteiger partial charge in [-0.25, -0.2) is 0 Å². The molecule has 0 saturated carbocycles. The SMILES string of the molecule is Cc1ccc(OC(F)F)c(CNC(=O)CC2CC3CCC(C2)N3)c1. The van der Waals surface area contributed by atoms with E-state index in [9.17, 15) is 13.6 Å². The largest absolute Gasteiger partial charge is 0.434 e. The Morgan fingerprint density at radius 2 is 2.04 bits per heavy atom. The third-order valence-corrected chi connectivity index (χ3v) is 4.95. The second kappa shape index (κ2) is 7.47. The number of alkyl halides is 2. The summed E-state index contributed by atoms with van der Waals surface area (Å²) in [6.45, 7) is -0.782. The minimum Gasteiger partial charge on any atom is -0.434 e. The number of aryl methyl sites for hydroxylation is 1. The van der Waals surface area contributed by atoms with Gasteiger partial charge in [-0.1, -0.05) is 17.7 Å². The fourth-order valence-corrected chi connectivity index (χ4v) is 3.93. The average molecular weight is 338 g/mol. The predicted octanol–water partition coefficient (Wildman–Crippen LogP) is 3.13. The Balaban J connectivity index is 1.53. The maximum absolute atomic E-state index is 12.5. The first-order chi connectivity index (χ1) is 11.5. The van der Waals surface area contributed by atoms with Crippen molar-refractivity contribution in [3.63, 3.8) is 0 Å². The summed E-state index contributed by atoms with van der Waals surface area (Å²) in [5, 5.41) is 6.42. The van der Waals surface area contributed by atoms with Gasteiger partial charge in [0.05, 0.1) is 0 Å². The smallest absolute Gasteiger partial charge is 0.387 e. The highest BCUT2D eigenvalue weighted by molar-refractivity contribution is 5.76. The van der Waals surface area contributed by atoms with E-state index < -0.39 is 6.61 Å². The van der Waals surface area contributed by atoms with Crippen LogP contribution in [0.2, 0.25) is 0 Å². The van der Waals surface area contributed by atoms with Gasteiger partial charge in [0.15, 0.2) is 0 Å². The minimum absolute atomic E-state index is 0.0224. The van der Waals surface area contributed by atoms with Crippen LogP contribution >= 0.6 is 0 Å². The normalized spacial score (nSPS) is 25.8. The van der Waals surface area contributed by atoms with E-state index in [0.29, 0.717) is 30.0 Å². The maximum atomic E-state index is 12.5. The van der Waals surface area contributed by atoms with Gasteiger partial charge in [-0.2, -0.15) is 8.78 Å². The molecule has 2 heterocycles. The molecule has 0 radical (unpaired) electrons. The van der Waals surface area contributed by atoms with Crippen molar-refractivity contribution in [2.75, 3.05) is 0 Å². The summed E-state index contributed by atoms with van der Waals surface area (Å²) in [4.78, 5) is 12.2. The Bertz CT molecular complexity index is 582. The van der Waals surface area contributed by atoms with Crippen molar-refractivity contribution >= 4 is 5.91 Å². The van der Waals surface area contributed by atoms with Crippen LogP contribution in [0.15, 0.2) is 18.2 Å². The van der Waals surface area contributed by atoms with Gasteiger partial charge in [0.1, 0.15) is 5.75 Å². The molecule has 6 heteroatoms. The number of amides is 1. The number of piperidine rings is 1. The lowest BCUT2D eigenvalue weighted by atomic mass is 9.89. The molecule has 2 aliphatic rings. The first kappa shape index (κ1) is 17.1. The Hall–Kier alpha value is -1.69. The number of benzene rings is 1. The van der Waals surface area contributed by atoms with Crippen molar-refractivity contribution in [1.29, 1.82) is 0 Å². The van der Waals surface area contributed by atoms with Crippen LogP contribution in [0.1, 0.15) is 43.2 Å². The number of carbonyl (C=O) groups excluding carboxylic acids is 1. The van der Waals surface area contributed by atoms with Crippen LogP contribution in [0, 0.1) is 12.8 Å². The van der Waals surface area contributed by atoms with Gasteiger partial charge in [0, 0.05) is 30.6 Å². The zero-order chi connectivity index (χ0) is 17.1. The van der Waals surface area contributed by atoms with Crippen molar-refractivity contribution in [2.24, 2.45) is 5.92 Å². The second-order valence-electron chi connectivity index (χ2n) is 6.95. The molecule has 24 heavy (non-hydrogen) atoms. The van der Waals surface area contributed by atoms with Crippen molar-refractivity contribution in [1.82, 2.24) is 10.6 Å². The van der Waals surface area contributed by atoms with E-state index in [1.54, 1.807) is 12.1 Å². The zero-order valence-corrected chi connectivity index (χ0v) is 13.9. The van der Waals surface area contributed by atoms with E-state index in [1.807, 2.05) is 6.92 Å². The molecule has 2 bridgehead atoms. The molecule has 0 spiro atoms. The third kappa shape index (κ3) is 4.44. The van der Waals surface area contributed by atoms with Gasteiger partial charge in [-0.15, -0.1) is 0 Å². The molecule has 132 valence electrons. The van der Waals surface area contributed by atoms with Gasteiger partial charge in [0.25, 0.3) is 0 Å². The number of rotatable bonds is 6. The summed E-state index contributed by atoms with van der Waals surface area (Å²) in [5.41, 5.74) is 1.52. The van der Waals surface area contributed by atoms with E-state index in [4.69, 9.17) is 0 Å². The van der Waals surface area contributed by atoms with Crippen molar-refractivity contribution in [2.45, 2.75) is 64.3 Å². The highest BCUT2D eigenvalue weighted by Crippen LogP contribution is 2.32. The Kier molecular flexibility index (Phi) is 5.33. The van der Waals surface area contributed by atoms with Crippen LogP contribution in [0.4, 0.5) is 8.78 Å². The quantitative estimate of drug-likeness (QED) is 0.838. The highest BCUT2D eigenvalue weighted by atomic mass is 19.3. The molecule has 2 saturated heterocycles. The van der Waals surface area contributed by atoms with Gasteiger partial charge >= 0.3 is 6.61 Å². The number of carbonyl (C=O) groups is 1. The van der Waals surface area contributed by atoms with E-state index in [1.165, 1.54) is 18.9 Å². The maximum Gasteiger partial charge on any atom is 0.387 e. The Morgan fingerprint density at radius 1 is 1.33 bits per heavy atom. The van der Waals surface area contributed by atoms with Crippen LogP contribution in [0.3, 0.4) is 0 Å². The Labute approximate surface area is 141 Å². The summed E-state index contributed by atoms with van der Waals surface area (Å²) in [6.07, 6.45) is 5.02. The molecule has 3 rings (SSSR count). The summed E-state index contributed by atoms with van der Waals surface area (Å²) in [5.74, 6) is 0.514. The first-order valence-corrected chi connectivity index (χ1v) is 8.56. The molecule has 2 N–H and O–H groups in total. The summed E-state index contributed by atoms with van der Waals surface area (Å²) < 4.78 is 29.5. The molecule has 0 aromatic heterocycles. The lowest BCUT2D eigenvalue weighted by Gasteiger charge is -2.28. The number of halogens is 2. The van der Waals surface area contributed by atoms with Gasteiger partial charge in [0.2, 0.25) is 5.91 Å². The average Bonchev–Trinajstić information content (AvgIpc) is 2.86. The number of hydrogen-bond donors (Lipinski definition) is 2. The zero-order valence-electron chi connectivity index (χ0n) is 13.9. The molecule has 2 aliphatic heterocycles. The molecular weight excluding hydrogens is 314 g/mol. The standard InChI is InChI=1S/C18H24F2N2O2/c1-11-2-5-16(24-18(19)20)13(6-11)10-21-17(23)9-12-7-14-3-4-15(8-12)22-14/h2,5-6,12,14-15,18,22H,3-4,7-10H2,1H3,(H,21,23). The molecule has 4 nitrogen and oxygen atoms in total. The molecule has 2 unspecified atom stereocenters. The van der Waals surface area contributed by atoms with E-state index in [-0.39, 0.29) is 18.2 Å². The lowest BCUT2D eigenvalue weighted by molar-refractivity contribution is -0.122. The van der Waals surface area contributed by atoms with Crippen LogP contribution < -0.4 is 15.4 Å². The van der Waals surface area contributed by atoms with Crippen molar-refractivity contribution in [3.8, 4) is 5.75 Å². The van der Waals surface area contributed by atoms with Crippen molar-refractivity contribution < 1.29 is 18.3 Å². The van der Waals surface area contributed by atoms with Crippen LogP contribution in [-0.2, 0) is 11.3 Å². The number of hydrogen-bond acceptors (Lipinski definition) is 3. The molecule has 2 atom stereocenters. The first-order valence-electron chi connectivity index (χ1n) is 8.56. The van der Waals surface area contributed by atoms with Gasteiger partial charge in [-0.3, -0.25) is 4.79 Å². The second-order valence-corrected chi connectivity index (χ2v) is 6.95. The van der Waals surface area contributed by atoms with Gasteiger partial charge in [-0.05, 0) is 44.6 Å². The Morgan fingerprint density at radius 3 is 2.71 bits per heavy atom. The summed E-state index contributed by atoms with van der Waals surface area (Å²) >= 11 is 0. The minimum atomic E-state index is -2.87. The van der Waals surface area contributed by atoms with Crippen molar-refractivity contribution in [3.05, 3.63) is 29.3 Å². The number of nitrogens with one attached hydrogen (secondary N) is 2. The van der Waals surface area contributed by atoms with E-state index in [2.05, 4.69) is 15.4 Å². The molecule has 2 fully saturated rings. The molecule has 1 amide bonds. The van der Waals surface area contributed by atoms with Crippen LogP contribution in [0.5, 0.6) is 5.75 Å². The number of ether oxygens (including phenoxy) is 1. The summed E-state index contributed by atoms with van der Waals surface area (Å²) in [6, 6.07) is 6.12. The fraction of sp³-hybridized carbons (Fsp3) is 0.611. The molecule has 1 aromatic rings. The predicted molar refractivity (Wildman–Crippen MR) is 86.9 cm³/mol. The molecular formula is C18H24F2N2O2. The third-order valence-electron chi connectivity index (χ3n) is 4.95. The topological polar surface area (TPSA) is 50.4 Å². The number of fused-ring (bicyclic) bond motifs is 2. The fourth-order valence-electron chi connectivity index (χ4n) is 3.93. The lowest BCUT2D eigenvalue weighted by Crippen LogP contribution is -2.39.